The highest BCUT2D eigenvalue weighted by Crippen LogP contribution is 2.25. The molecule has 4 heteroatoms. The summed E-state index contributed by atoms with van der Waals surface area (Å²) in [6, 6.07) is 0. The molecule has 0 bridgehead atoms. The molecule has 0 saturated heterocycles. The third-order valence-corrected chi connectivity index (χ3v) is 10.3. The molecule has 0 aliphatic rings. The van der Waals surface area contributed by atoms with E-state index < -0.39 is 0 Å². The van der Waals surface area contributed by atoms with Crippen molar-refractivity contribution in [2.75, 3.05) is 32.8 Å². The third-order valence-electron chi connectivity index (χ3n) is 10.3. The standard InChI is InChI=1S/C43H87NO3/c1-4-7-10-13-16-17-18-24-32-41-47-43(46)36-29-25-31-38-44(39-40-45)37-30-23-19-22-28-35-42(33-26-20-14-11-8-5-2)34-27-21-15-12-9-6-3/h42,45H,4-41H2,1-3H3. The summed E-state index contributed by atoms with van der Waals surface area (Å²) in [5.74, 6) is 0.946. The predicted octanol–water partition coefficient (Wildman–Crippen LogP) is 13.4. The van der Waals surface area contributed by atoms with Gasteiger partial charge in [-0.1, -0.05) is 201 Å². The second kappa shape index (κ2) is 39.8. The summed E-state index contributed by atoms with van der Waals surface area (Å²) in [6.45, 7) is 10.6. The Hall–Kier alpha value is -0.610. The zero-order valence-corrected chi connectivity index (χ0v) is 32.7. The molecule has 0 heterocycles. The number of nitrogens with zero attached hydrogens (tertiary/aromatic N) is 1. The Kier molecular flexibility index (Phi) is 39.3. The van der Waals surface area contributed by atoms with Crippen LogP contribution in [0.2, 0.25) is 0 Å². The van der Waals surface area contributed by atoms with E-state index in [9.17, 15) is 9.90 Å². The maximum Gasteiger partial charge on any atom is 0.305 e. The van der Waals surface area contributed by atoms with Gasteiger partial charge in [-0.25, -0.2) is 0 Å². The molecular weight excluding hydrogens is 578 g/mol. The van der Waals surface area contributed by atoms with Crippen LogP contribution >= 0.6 is 0 Å². The first-order valence-corrected chi connectivity index (χ1v) is 21.7. The van der Waals surface area contributed by atoms with Crippen LogP contribution in [-0.2, 0) is 9.53 Å². The van der Waals surface area contributed by atoms with E-state index in [-0.39, 0.29) is 12.6 Å². The first-order valence-electron chi connectivity index (χ1n) is 21.7. The average Bonchev–Trinajstić information content (AvgIpc) is 3.07. The fourth-order valence-electron chi connectivity index (χ4n) is 7.09. The molecule has 0 radical (unpaired) electrons. The van der Waals surface area contributed by atoms with E-state index in [0.29, 0.717) is 13.0 Å². The highest BCUT2D eigenvalue weighted by Gasteiger charge is 2.10. The Morgan fingerprint density at radius 3 is 1.26 bits per heavy atom. The van der Waals surface area contributed by atoms with Crippen molar-refractivity contribution < 1.29 is 14.6 Å². The monoisotopic (exact) mass is 666 g/mol. The fraction of sp³-hybridized carbons (Fsp3) is 0.977. The van der Waals surface area contributed by atoms with Gasteiger partial charge in [0.05, 0.1) is 13.2 Å². The number of rotatable bonds is 40. The second-order valence-electron chi connectivity index (χ2n) is 15.0. The smallest absolute Gasteiger partial charge is 0.305 e. The van der Waals surface area contributed by atoms with Gasteiger partial charge in [-0.15, -0.1) is 0 Å². The number of unbranched alkanes of at least 4 members (excludes halogenated alkanes) is 24. The molecule has 0 rings (SSSR count). The van der Waals surface area contributed by atoms with E-state index in [4.69, 9.17) is 4.74 Å². The quantitative estimate of drug-likeness (QED) is 0.0523. The summed E-state index contributed by atoms with van der Waals surface area (Å²) < 4.78 is 5.46. The van der Waals surface area contributed by atoms with Crippen molar-refractivity contribution in [1.29, 1.82) is 0 Å². The van der Waals surface area contributed by atoms with Crippen molar-refractivity contribution in [1.82, 2.24) is 4.90 Å². The SMILES string of the molecule is CCCCCCCCCCCOC(=O)CCCCCN(CCO)CCCCCCCC(CCCCCCCC)CCCCCCCC. The minimum Gasteiger partial charge on any atom is -0.466 e. The van der Waals surface area contributed by atoms with E-state index in [1.807, 2.05) is 0 Å². The number of aliphatic hydroxyl groups excluding tert-OH is 1. The van der Waals surface area contributed by atoms with Crippen LogP contribution in [0.4, 0.5) is 0 Å². The maximum atomic E-state index is 12.1. The molecule has 0 spiro atoms. The number of carbonyl (C=O) groups is 1. The Balaban J connectivity index is 3.90. The largest absolute Gasteiger partial charge is 0.466 e. The molecule has 0 aromatic rings. The van der Waals surface area contributed by atoms with Crippen LogP contribution in [0.3, 0.4) is 0 Å². The minimum atomic E-state index is -0.0204. The van der Waals surface area contributed by atoms with Crippen molar-refractivity contribution in [2.45, 2.75) is 233 Å². The molecule has 0 aromatic carbocycles. The maximum absolute atomic E-state index is 12.1. The molecule has 4 nitrogen and oxygen atoms in total. The molecule has 0 aliphatic carbocycles. The van der Waals surface area contributed by atoms with Crippen molar-refractivity contribution in [2.24, 2.45) is 5.92 Å². The number of hydrogen-bond acceptors (Lipinski definition) is 4. The van der Waals surface area contributed by atoms with Gasteiger partial charge < -0.3 is 14.7 Å². The predicted molar refractivity (Wildman–Crippen MR) is 207 cm³/mol. The number of ether oxygens (including phenoxy) is 1. The van der Waals surface area contributed by atoms with Crippen LogP contribution in [0.5, 0.6) is 0 Å². The second-order valence-corrected chi connectivity index (χ2v) is 15.0. The Morgan fingerprint density at radius 2 is 0.830 bits per heavy atom. The normalized spacial score (nSPS) is 11.7. The van der Waals surface area contributed by atoms with Crippen LogP contribution in [-0.4, -0.2) is 48.8 Å². The number of aliphatic hydroxyl groups is 1. The molecule has 1 N–H and O–H groups in total. The van der Waals surface area contributed by atoms with Crippen molar-refractivity contribution in [3.63, 3.8) is 0 Å². The summed E-state index contributed by atoms with van der Waals surface area (Å²) >= 11 is 0. The molecule has 0 unspecified atom stereocenters. The Morgan fingerprint density at radius 1 is 0.468 bits per heavy atom. The summed E-state index contributed by atoms with van der Waals surface area (Å²) in [5, 5.41) is 9.56. The van der Waals surface area contributed by atoms with Crippen LogP contribution in [0, 0.1) is 5.92 Å². The average molecular weight is 666 g/mol. The van der Waals surface area contributed by atoms with E-state index >= 15 is 0 Å². The fourth-order valence-corrected chi connectivity index (χ4v) is 7.09. The highest BCUT2D eigenvalue weighted by atomic mass is 16.5. The molecule has 0 aromatic heterocycles. The topological polar surface area (TPSA) is 49.8 Å². The summed E-state index contributed by atoms with van der Waals surface area (Å²) in [4.78, 5) is 14.5. The molecule has 282 valence electrons. The summed E-state index contributed by atoms with van der Waals surface area (Å²) in [7, 11) is 0. The van der Waals surface area contributed by atoms with Crippen molar-refractivity contribution in [3.8, 4) is 0 Å². The third kappa shape index (κ3) is 36.5. The van der Waals surface area contributed by atoms with Gasteiger partial charge in [-0.05, 0) is 44.7 Å². The van der Waals surface area contributed by atoms with Crippen molar-refractivity contribution >= 4 is 5.97 Å². The lowest BCUT2D eigenvalue weighted by atomic mass is 9.89. The van der Waals surface area contributed by atoms with E-state index in [1.165, 1.54) is 180 Å². The lowest BCUT2D eigenvalue weighted by molar-refractivity contribution is -0.143. The number of hydrogen-bond donors (Lipinski definition) is 1. The van der Waals surface area contributed by atoms with Crippen LogP contribution in [0.15, 0.2) is 0 Å². The van der Waals surface area contributed by atoms with Crippen LogP contribution in [0.25, 0.3) is 0 Å². The number of carbonyl (C=O) groups excluding carboxylic acids is 1. The Labute approximate surface area is 296 Å². The highest BCUT2D eigenvalue weighted by molar-refractivity contribution is 5.69. The molecule has 0 atom stereocenters. The van der Waals surface area contributed by atoms with Gasteiger partial charge in [-0.3, -0.25) is 4.79 Å². The summed E-state index contributed by atoms with van der Waals surface area (Å²) in [6.07, 6.45) is 43.4. The first-order chi connectivity index (χ1) is 23.2. The lowest BCUT2D eigenvalue weighted by Crippen LogP contribution is -2.29. The van der Waals surface area contributed by atoms with E-state index in [2.05, 4.69) is 25.7 Å². The number of esters is 1. The van der Waals surface area contributed by atoms with Gasteiger partial charge in [0, 0.05) is 13.0 Å². The van der Waals surface area contributed by atoms with Gasteiger partial charge >= 0.3 is 5.97 Å². The van der Waals surface area contributed by atoms with Gasteiger partial charge in [0.15, 0.2) is 0 Å². The molecule has 0 amide bonds. The van der Waals surface area contributed by atoms with Crippen molar-refractivity contribution in [3.05, 3.63) is 0 Å². The lowest BCUT2D eigenvalue weighted by Gasteiger charge is -2.21. The van der Waals surface area contributed by atoms with Crippen LogP contribution < -0.4 is 0 Å². The molecule has 0 saturated carbocycles. The van der Waals surface area contributed by atoms with E-state index in [1.54, 1.807) is 0 Å². The molecule has 47 heavy (non-hydrogen) atoms. The van der Waals surface area contributed by atoms with E-state index in [0.717, 1.165) is 51.2 Å². The zero-order chi connectivity index (χ0) is 34.3. The van der Waals surface area contributed by atoms with Crippen LogP contribution in [0.1, 0.15) is 233 Å². The molecule has 0 fully saturated rings. The van der Waals surface area contributed by atoms with Gasteiger partial charge in [0.1, 0.15) is 0 Å². The van der Waals surface area contributed by atoms with Gasteiger partial charge in [0.25, 0.3) is 0 Å². The zero-order valence-electron chi connectivity index (χ0n) is 32.7. The van der Waals surface area contributed by atoms with Gasteiger partial charge in [0.2, 0.25) is 0 Å². The minimum absolute atomic E-state index is 0.0204. The molecule has 0 aliphatic heterocycles. The first kappa shape index (κ1) is 46.4. The summed E-state index contributed by atoms with van der Waals surface area (Å²) in [5.41, 5.74) is 0. The molecular formula is C43H87NO3. The van der Waals surface area contributed by atoms with Gasteiger partial charge in [-0.2, -0.15) is 0 Å². The Bertz CT molecular complexity index is 582.